The molecule has 2 rings (SSSR count). The number of benzene rings is 2. The van der Waals surface area contributed by atoms with Gasteiger partial charge in [-0.2, -0.15) is 0 Å². The van der Waals surface area contributed by atoms with Gasteiger partial charge in [-0.05, 0) is 18.1 Å². The molecule has 0 unspecified atom stereocenters. The Bertz CT molecular complexity index is 653. The van der Waals surface area contributed by atoms with Crippen LogP contribution in [0.5, 0.6) is 0 Å². The molecule has 0 aliphatic heterocycles. The van der Waals surface area contributed by atoms with Crippen LogP contribution in [-0.2, 0) is 11.2 Å². The van der Waals surface area contributed by atoms with Gasteiger partial charge in [-0.25, -0.2) is 0 Å². The maximum absolute atomic E-state index is 12.3. The Morgan fingerprint density at radius 1 is 1.14 bits per heavy atom. The molecule has 1 atom stereocenters. The van der Waals surface area contributed by atoms with Crippen LogP contribution in [0.3, 0.4) is 0 Å². The first kappa shape index (κ1) is 15.7. The van der Waals surface area contributed by atoms with Crippen LogP contribution in [0.25, 0.3) is 0 Å². The third kappa shape index (κ3) is 3.69. The standard InChI is InChI=1S/C17H18N2O3/c1-13(15-6-4-3-5-7-15)18(2)17(20)12-14-8-10-16(11-9-14)19(21)22/h3-11,13H,12H2,1-2H3/t13-/m1/s1. The molecule has 2 aromatic rings. The Morgan fingerprint density at radius 3 is 2.27 bits per heavy atom. The average Bonchev–Trinajstić information content (AvgIpc) is 2.54. The lowest BCUT2D eigenvalue weighted by atomic mass is 10.1. The predicted octanol–water partition coefficient (Wildman–Crippen LogP) is 3.36. The summed E-state index contributed by atoms with van der Waals surface area (Å²) >= 11 is 0. The Morgan fingerprint density at radius 2 is 1.73 bits per heavy atom. The molecule has 0 aliphatic carbocycles. The van der Waals surface area contributed by atoms with Gasteiger partial charge in [-0.3, -0.25) is 14.9 Å². The van der Waals surface area contributed by atoms with Crippen LogP contribution in [0, 0.1) is 10.1 Å². The normalized spacial score (nSPS) is 11.7. The summed E-state index contributed by atoms with van der Waals surface area (Å²) < 4.78 is 0. The maximum atomic E-state index is 12.3. The number of carbonyl (C=O) groups is 1. The zero-order chi connectivity index (χ0) is 16.1. The van der Waals surface area contributed by atoms with Gasteiger partial charge in [0.05, 0.1) is 17.4 Å². The molecule has 1 amide bonds. The molecule has 0 aromatic heterocycles. The van der Waals surface area contributed by atoms with E-state index in [2.05, 4.69) is 0 Å². The lowest BCUT2D eigenvalue weighted by molar-refractivity contribution is -0.384. The summed E-state index contributed by atoms with van der Waals surface area (Å²) in [6.45, 7) is 1.98. The third-order valence-corrected chi connectivity index (χ3v) is 3.76. The average molecular weight is 298 g/mol. The Kier molecular flexibility index (Phi) is 4.88. The quantitative estimate of drug-likeness (QED) is 0.628. The van der Waals surface area contributed by atoms with E-state index >= 15 is 0 Å². The molecule has 0 heterocycles. The molecule has 22 heavy (non-hydrogen) atoms. The highest BCUT2D eigenvalue weighted by Gasteiger charge is 2.17. The molecular weight excluding hydrogens is 280 g/mol. The largest absolute Gasteiger partial charge is 0.339 e. The minimum Gasteiger partial charge on any atom is -0.339 e. The minimum atomic E-state index is -0.449. The maximum Gasteiger partial charge on any atom is 0.269 e. The van der Waals surface area contributed by atoms with Crippen LogP contribution in [0.4, 0.5) is 5.69 Å². The summed E-state index contributed by atoms with van der Waals surface area (Å²) in [5.74, 6) is -0.0230. The van der Waals surface area contributed by atoms with Gasteiger partial charge in [0.15, 0.2) is 0 Å². The van der Waals surface area contributed by atoms with Crippen molar-refractivity contribution in [1.29, 1.82) is 0 Å². The van der Waals surface area contributed by atoms with Crippen molar-refractivity contribution >= 4 is 11.6 Å². The topological polar surface area (TPSA) is 63.5 Å². The smallest absolute Gasteiger partial charge is 0.269 e. The second kappa shape index (κ2) is 6.85. The lowest BCUT2D eigenvalue weighted by Gasteiger charge is -2.25. The van der Waals surface area contributed by atoms with Crippen molar-refractivity contribution in [3.05, 3.63) is 75.8 Å². The molecule has 5 nitrogen and oxygen atoms in total. The highest BCUT2D eigenvalue weighted by molar-refractivity contribution is 5.79. The van der Waals surface area contributed by atoms with Crippen molar-refractivity contribution < 1.29 is 9.72 Å². The van der Waals surface area contributed by atoms with E-state index in [0.29, 0.717) is 0 Å². The van der Waals surface area contributed by atoms with Gasteiger partial charge in [0.1, 0.15) is 0 Å². The fraction of sp³-hybridized carbons (Fsp3) is 0.235. The number of hydrogen-bond acceptors (Lipinski definition) is 3. The number of non-ortho nitro benzene ring substituents is 1. The highest BCUT2D eigenvalue weighted by Crippen LogP contribution is 2.19. The Balaban J connectivity index is 2.03. The van der Waals surface area contributed by atoms with Crippen LogP contribution >= 0.6 is 0 Å². The van der Waals surface area contributed by atoms with E-state index in [1.807, 2.05) is 37.3 Å². The van der Waals surface area contributed by atoms with Crippen LogP contribution < -0.4 is 0 Å². The second-order valence-corrected chi connectivity index (χ2v) is 5.19. The molecule has 2 aromatic carbocycles. The zero-order valence-corrected chi connectivity index (χ0v) is 12.6. The summed E-state index contributed by atoms with van der Waals surface area (Å²) in [7, 11) is 1.77. The van der Waals surface area contributed by atoms with Gasteiger partial charge in [0.2, 0.25) is 5.91 Å². The molecule has 0 bridgehead atoms. The van der Waals surface area contributed by atoms with E-state index in [1.165, 1.54) is 12.1 Å². The zero-order valence-electron chi connectivity index (χ0n) is 12.6. The van der Waals surface area contributed by atoms with Crippen LogP contribution in [0.15, 0.2) is 54.6 Å². The molecule has 114 valence electrons. The first-order valence-corrected chi connectivity index (χ1v) is 7.03. The van der Waals surface area contributed by atoms with Crippen LogP contribution in [-0.4, -0.2) is 22.8 Å². The number of hydrogen-bond donors (Lipinski definition) is 0. The SMILES string of the molecule is C[C@H](c1ccccc1)N(C)C(=O)Cc1ccc([N+](=O)[O-])cc1. The van der Waals surface area contributed by atoms with E-state index in [4.69, 9.17) is 0 Å². The van der Waals surface area contributed by atoms with E-state index in [1.54, 1.807) is 24.1 Å². The monoisotopic (exact) mass is 298 g/mol. The number of nitrogens with zero attached hydrogens (tertiary/aromatic N) is 2. The van der Waals surface area contributed by atoms with E-state index in [-0.39, 0.29) is 24.1 Å². The fourth-order valence-corrected chi connectivity index (χ4v) is 2.21. The summed E-state index contributed by atoms with van der Waals surface area (Å²) in [6.07, 6.45) is 0.228. The molecule has 0 aliphatic rings. The Labute approximate surface area is 129 Å². The number of nitro groups is 1. The van der Waals surface area contributed by atoms with Gasteiger partial charge in [-0.1, -0.05) is 42.5 Å². The fourth-order valence-electron chi connectivity index (χ4n) is 2.21. The lowest BCUT2D eigenvalue weighted by Crippen LogP contribution is -2.30. The molecule has 0 spiro atoms. The third-order valence-electron chi connectivity index (χ3n) is 3.76. The number of nitro benzene ring substituents is 1. The molecular formula is C17H18N2O3. The van der Waals surface area contributed by atoms with E-state index in [9.17, 15) is 14.9 Å². The molecule has 0 saturated heterocycles. The van der Waals surface area contributed by atoms with Crippen LogP contribution in [0.1, 0.15) is 24.1 Å². The van der Waals surface area contributed by atoms with Crippen molar-refractivity contribution in [2.75, 3.05) is 7.05 Å². The Hall–Kier alpha value is -2.69. The van der Waals surface area contributed by atoms with Crippen molar-refractivity contribution in [3.63, 3.8) is 0 Å². The van der Waals surface area contributed by atoms with E-state index in [0.717, 1.165) is 11.1 Å². The molecule has 0 radical (unpaired) electrons. The number of rotatable bonds is 5. The van der Waals surface area contributed by atoms with Gasteiger partial charge >= 0.3 is 0 Å². The van der Waals surface area contributed by atoms with Gasteiger partial charge in [-0.15, -0.1) is 0 Å². The highest BCUT2D eigenvalue weighted by atomic mass is 16.6. The number of carbonyl (C=O) groups excluding carboxylic acids is 1. The summed E-state index contributed by atoms with van der Waals surface area (Å²) in [4.78, 5) is 24.2. The molecule has 0 N–H and O–H groups in total. The number of likely N-dealkylation sites (N-methyl/N-ethyl adjacent to an activating group) is 1. The van der Waals surface area contributed by atoms with Crippen molar-refractivity contribution in [2.24, 2.45) is 0 Å². The van der Waals surface area contributed by atoms with Crippen LogP contribution in [0.2, 0.25) is 0 Å². The number of amides is 1. The second-order valence-electron chi connectivity index (χ2n) is 5.19. The first-order chi connectivity index (χ1) is 10.5. The summed E-state index contributed by atoms with van der Waals surface area (Å²) in [6, 6.07) is 15.9. The summed E-state index contributed by atoms with van der Waals surface area (Å²) in [5, 5.41) is 10.6. The molecule has 0 fully saturated rings. The van der Waals surface area contributed by atoms with Crippen molar-refractivity contribution in [2.45, 2.75) is 19.4 Å². The predicted molar refractivity (Wildman–Crippen MR) is 84.4 cm³/mol. The van der Waals surface area contributed by atoms with Gasteiger partial charge < -0.3 is 4.90 Å². The molecule has 0 saturated carbocycles. The first-order valence-electron chi connectivity index (χ1n) is 7.03. The summed E-state index contributed by atoms with van der Waals surface area (Å²) in [5.41, 5.74) is 1.87. The molecule has 5 heteroatoms. The van der Waals surface area contributed by atoms with Crippen molar-refractivity contribution in [3.8, 4) is 0 Å². The van der Waals surface area contributed by atoms with Gasteiger partial charge in [0.25, 0.3) is 5.69 Å². The van der Waals surface area contributed by atoms with Crippen molar-refractivity contribution in [1.82, 2.24) is 4.90 Å². The minimum absolute atomic E-state index is 0.0215. The van der Waals surface area contributed by atoms with Gasteiger partial charge in [0, 0.05) is 19.2 Å². The van der Waals surface area contributed by atoms with E-state index < -0.39 is 4.92 Å².